The van der Waals surface area contributed by atoms with Crippen LogP contribution in [0.4, 0.5) is 0 Å². The first-order chi connectivity index (χ1) is 8.09. The first-order valence-electron chi connectivity index (χ1n) is 7.08. The fourth-order valence-corrected chi connectivity index (χ4v) is 3.57. The van der Waals surface area contributed by atoms with Crippen molar-refractivity contribution in [3.05, 3.63) is 0 Å². The molecule has 17 heavy (non-hydrogen) atoms. The van der Waals surface area contributed by atoms with Crippen LogP contribution < -0.4 is 0 Å². The Balaban J connectivity index is 2.03. The van der Waals surface area contributed by atoms with E-state index < -0.39 is 5.97 Å². The lowest BCUT2D eigenvalue weighted by atomic mass is 10.0. The minimum absolute atomic E-state index is 0.228. The molecule has 1 saturated carbocycles. The summed E-state index contributed by atoms with van der Waals surface area (Å²) in [6.07, 6.45) is 7.28. The van der Waals surface area contributed by atoms with Gasteiger partial charge >= 0.3 is 5.97 Å². The molecule has 1 saturated heterocycles. The zero-order valence-electron chi connectivity index (χ0n) is 11.1. The maximum atomic E-state index is 11.4. The van der Waals surface area contributed by atoms with Crippen LogP contribution in [0.15, 0.2) is 0 Å². The molecule has 0 bridgehead atoms. The number of rotatable bonds is 2. The first-order valence-corrected chi connectivity index (χ1v) is 7.08. The molecule has 0 radical (unpaired) electrons. The summed E-state index contributed by atoms with van der Waals surface area (Å²) in [5.74, 6) is 0.517. The van der Waals surface area contributed by atoms with Crippen LogP contribution in [0.5, 0.6) is 0 Å². The number of hydrogen-bond acceptors (Lipinski definition) is 2. The van der Waals surface area contributed by atoms with E-state index in [-0.39, 0.29) is 6.04 Å². The van der Waals surface area contributed by atoms with Gasteiger partial charge < -0.3 is 5.11 Å². The van der Waals surface area contributed by atoms with E-state index in [1.807, 2.05) is 0 Å². The number of carboxylic acid groups (broad SMARTS) is 1. The van der Waals surface area contributed by atoms with Gasteiger partial charge in [0.15, 0.2) is 0 Å². The van der Waals surface area contributed by atoms with Crippen molar-refractivity contribution in [2.24, 2.45) is 11.8 Å². The van der Waals surface area contributed by atoms with Gasteiger partial charge in [0.1, 0.15) is 6.04 Å². The molecule has 1 N–H and O–H groups in total. The first kappa shape index (κ1) is 12.9. The van der Waals surface area contributed by atoms with Crippen LogP contribution in [0.25, 0.3) is 0 Å². The predicted molar refractivity (Wildman–Crippen MR) is 67.9 cm³/mol. The normalized spacial score (nSPS) is 40.1. The summed E-state index contributed by atoms with van der Waals surface area (Å²) in [4.78, 5) is 13.7. The maximum absolute atomic E-state index is 11.4. The highest BCUT2D eigenvalue weighted by Gasteiger charge is 2.40. The van der Waals surface area contributed by atoms with Crippen molar-refractivity contribution in [1.29, 1.82) is 0 Å². The fraction of sp³-hybridized carbons (Fsp3) is 0.929. The summed E-state index contributed by atoms with van der Waals surface area (Å²) in [6.45, 7) is 5.39. The average molecular weight is 239 g/mol. The highest BCUT2D eigenvalue weighted by Crippen LogP contribution is 2.33. The second kappa shape index (κ2) is 5.38. The number of hydrogen-bond donors (Lipinski definition) is 1. The molecule has 98 valence electrons. The molecule has 4 unspecified atom stereocenters. The Morgan fingerprint density at radius 2 is 1.88 bits per heavy atom. The molecule has 1 aliphatic carbocycles. The molecule has 3 nitrogen and oxygen atoms in total. The Morgan fingerprint density at radius 3 is 2.59 bits per heavy atom. The van der Waals surface area contributed by atoms with E-state index >= 15 is 0 Å². The van der Waals surface area contributed by atoms with E-state index in [1.54, 1.807) is 0 Å². The number of aliphatic carboxylic acids is 1. The van der Waals surface area contributed by atoms with E-state index in [0.717, 1.165) is 18.9 Å². The van der Waals surface area contributed by atoms with E-state index in [4.69, 9.17) is 0 Å². The standard InChI is InChI=1S/C14H25NO2/c1-10-4-3-5-12(7-6-10)15-9-8-11(2)13(15)14(16)17/h10-13H,3-9H2,1-2H3,(H,16,17). The second-order valence-electron chi connectivity index (χ2n) is 6.05. The van der Waals surface area contributed by atoms with Crippen molar-refractivity contribution in [2.75, 3.05) is 6.54 Å². The Morgan fingerprint density at radius 1 is 1.12 bits per heavy atom. The van der Waals surface area contributed by atoms with Gasteiger partial charge in [-0.3, -0.25) is 9.69 Å². The lowest BCUT2D eigenvalue weighted by Crippen LogP contribution is -2.45. The van der Waals surface area contributed by atoms with Gasteiger partial charge in [0.05, 0.1) is 0 Å². The second-order valence-corrected chi connectivity index (χ2v) is 6.05. The molecular weight excluding hydrogens is 214 g/mol. The van der Waals surface area contributed by atoms with E-state index in [9.17, 15) is 9.90 Å². The summed E-state index contributed by atoms with van der Waals surface area (Å²) < 4.78 is 0. The monoisotopic (exact) mass is 239 g/mol. The number of carbonyl (C=O) groups is 1. The number of likely N-dealkylation sites (tertiary alicyclic amines) is 1. The van der Waals surface area contributed by atoms with Crippen LogP contribution in [-0.4, -0.2) is 34.6 Å². The third-order valence-corrected chi connectivity index (χ3v) is 4.69. The quantitative estimate of drug-likeness (QED) is 0.753. The molecule has 4 atom stereocenters. The molecule has 0 aromatic carbocycles. The molecular formula is C14H25NO2. The van der Waals surface area contributed by atoms with Crippen molar-refractivity contribution in [3.63, 3.8) is 0 Å². The molecule has 0 aromatic heterocycles. The Kier molecular flexibility index (Phi) is 4.08. The highest BCUT2D eigenvalue weighted by molar-refractivity contribution is 5.74. The van der Waals surface area contributed by atoms with Crippen molar-refractivity contribution in [1.82, 2.24) is 4.90 Å². The predicted octanol–water partition coefficient (Wildman–Crippen LogP) is 2.75. The summed E-state index contributed by atoms with van der Waals surface area (Å²) in [7, 11) is 0. The van der Waals surface area contributed by atoms with Gasteiger partial charge in [-0.2, -0.15) is 0 Å². The van der Waals surface area contributed by atoms with Crippen molar-refractivity contribution in [2.45, 2.75) is 64.5 Å². The molecule has 2 aliphatic rings. The molecule has 2 rings (SSSR count). The lowest BCUT2D eigenvalue weighted by molar-refractivity contribution is -0.144. The zero-order valence-corrected chi connectivity index (χ0v) is 11.1. The lowest BCUT2D eigenvalue weighted by Gasteiger charge is -2.31. The third-order valence-electron chi connectivity index (χ3n) is 4.69. The van der Waals surface area contributed by atoms with Crippen LogP contribution in [0.1, 0.15) is 52.4 Å². The number of nitrogens with zero attached hydrogens (tertiary/aromatic N) is 1. The molecule has 0 amide bonds. The van der Waals surface area contributed by atoms with Crippen LogP contribution in [-0.2, 0) is 4.79 Å². The summed E-state index contributed by atoms with van der Waals surface area (Å²) in [6, 6.07) is 0.291. The summed E-state index contributed by atoms with van der Waals surface area (Å²) >= 11 is 0. The highest BCUT2D eigenvalue weighted by atomic mass is 16.4. The van der Waals surface area contributed by atoms with Crippen LogP contribution in [0.2, 0.25) is 0 Å². The minimum Gasteiger partial charge on any atom is -0.480 e. The van der Waals surface area contributed by atoms with Crippen LogP contribution in [0.3, 0.4) is 0 Å². The maximum Gasteiger partial charge on any atom is 0.321 e. The van der Waals surface area contributed by atoms with Gasteiger partial charge in [0, 0.05) is 6.04 Å². The summed E-state index contributed by atoms with van der Waals surface area (Å²) in [5.41, 5.74) is 0. The summed E-state index contributed by atoms with van der Waals surface area (Å²) in [5, 5.41) is 9.37. The van der Waals surface area contributed by atoms with E-state index in [1.165, 1.54) is 32.1 Å². The largest absolute Gasteiger partial charge is 0.480 e. The van der Waals surface area contributed by atoms with Gasteiger partial charge in [-0.1, -0.05) is 26.7 Å². The van der Waals surface area contributed by atoms with Crippen molar-refractivity contribution < 1.29 is 9.90 Å². The van der Waals surface area contributed by atoms with Crippen molar-refractivity contribution >= 4 is 5.97 Å². The van der Waals surface area contributed by atoms with Crippen LogP contribution in [0, 0.1) is 11.8 Å². The van der Waals surface area contributed by atoms with Gasteiger partial charge in [0.25, 0.3) is 0 Å². The van der Waals surface area contributed by atoms with Gasteiger partial charge in [-0.05, 0) is 44.1 Å². The fourth-order valence-electron chi connectivity index (χ4n) is 3.57. The Bertz CT molecular complexity index is 279. The Hall–Kier alpha value is -0.570. The minimum atomic E-state index is -0.618. The van der Waals surface area contributed by atoms with E-state index in [0.29, 0.717) is 12.0 Å². The van der Waals surface area contributed by atoms with E-state index in [2.05, 4.69) is 18.7 Å². The third kappa shape index (κ3) is 2.82. The smallest absolute Gasteiger partial charge is 0.321 e. The molecule has 0 aromatic rings. The average Bonchev–Trinajstić information content (AvgIpc) is 2.51. The van der Waals surface area contributed by atoms with Gasteiger partial charge in [0.2, 0.25) is 0 Å². The topological polar surface area (TPSA) is 40.5 Å². The molecule has 3 heteroatoms. The van der Waals surface area contributed by atoms with Crippen LogP contribution >= 0.6 is 0 Å². The molecule has 1 heterocycles. The SMILES string of the molecule is CC1CCCC(N2CCC(C)C2C(=O)O)CC1. The Labute approximate surface area is 104 Å². The van der Waals surface area contributed by atoms with Gasteiger partial charge in [-0.25, -0.2) is 0 Å². The molecule has 1 aliphatic heterocycles. The van der Waals surface area contributed by atoms with Gasteiger partial charge in [-0.15, -0.1) is 0 Å². The van der Waals surface area contributed by atoms with Crippen molar-refractivity contribution in [3.8, 4) is 0 Å². The molecule has 2 fully saturated rings. The number of carboxylic acids is 1. The zero-order chi connectivity index (χ0) is 12.4. The molecule has 0 spiro atoms.